The molecule has 0 saturated carbocycles. The molecule has 0 aliphatic carbocycles. The van der Waals surface area contributed by atoms with E-state index in [4.69, 9.17) is 10.1 Å². The minimum atomic E-state index is -0.270. The topological polar surface area (TPSA) is 36.3 Å². The van der Waals surface area contributed by atoms with Gasteiger partial charge in [0.1, 0.15) is 11.7 Å². The molecule has 3 nitrogen and oxygen atoms in total. The second kappa shape index (κ2) is 3.56. The molecule has 2 aliphatic rings. The fourth-order valence-electron chi connectivity index (χ4n) is 2.40. The largest absolute Gasteiger partial charge is 0.379 e. The van der Waals surface area contributed by atoms with Gasteiger partial charge in [0.25, 0.3) is 0 Å². The number of hydrogen-bond acceptors (Lipinski definition) is 2. The average molecular weight is 220 g/mol. The molecule has 0 bridgehead atoms. The molecule has 0 amide bonds. The monoisotopic (exact) mass is 220 g/mol. The van der Waals surface area contributed by atoms with E-state index in [1.165, 1.54) is 12.1 Å². The van der Waals surface area contributed by atoms with Crippen LogP contribution in [0.15, 0.2) is 18.2 Å². The van der Waals surface area contributed by atoms with Gasteiger partial charge < -0.3 is 9.64 Å². The summed E-state index contributed by atoms with van der Waals surface area (Å²) < 4.78 is 18.4. The summed E-state index contributed by atoms with van der Waals surface area (Å²) in [5, 5.41) is 8.05. The zero-order valence-corrected chi connectivity index (χ0v) is 8.87. The third-order valence-corrected chi connectivity index (χ3v) is 3.30. The molecule has 1 fully saturated rings. The van der Waals surface area contributed by atoms with Crippen molar-refractivity contribution in [3.8, 4) is 0 Å². The Bertz CT molecular complexity index is 441. The van der Waals surface area contributed by atoms with Crippen molar-refractivity contribution in [2.75, 3.05) is 13.2 Å². The highest BCUT2D eigenvalue weighted by Crippen LogP contribution is 2.27. The van der Waals surface area contributed by atoms with Gasteiger partial charge in [-0.15, -0.1) is 0 Å². The molecule has 0 spiro atoms. The van der Waals surface area contributed by atoms with Gasteiger partial charge in [0.15, 0.2) is 0 Å². The van der Waals surface area contributed by atoms with Gasteiger partial charge in [-0.05, 0) is 24.1 Å². The van der Waals surface area contributed by atoms with E-state index in [9.17, 15) is 4.39 Å². The van der Waals surface area contributed by atoms with Crippen LogP contribution in [0.25, 0.3) is 0 Å². The number of rotatable bonds is 1. The zero-order chi connectivity index (χ0) is 11.1. The Kier molecular flexibility index (Phi) is 2.17. The van der Waals surface area contributed by atoms with Crippen molar-refractivity contribution in [1.82, 2.24) is 4.90 Å². The Morgan fingerprint density at radius 2 is 2.31 bits per heavy atom. The Hall–Kier alpha value is -1.42. The smallest absolute Gasteiger partial charge is 0.129 e. The Balaban J connectivity index is 1.91. The van der Waals surface area contributed by atoms with Gasteiger partial charge in [0.05, 0.1) is 12.6 Å². The summed E-state index contributed by atoms with van der Waals surface area (Å²) >= 11 is 0. The standard InChI is InChI=1S/C12H13FN2O/c13-9-2-1-8-6-15(10-3-4-16-7-10)12(14)11(8)5-9/h1-2,5,10,14H,3-4,6-7H2. The molecule has 84 valence electrons. The number of benzene rings is 1. The Morgan fingerprint density at radius 3 is 3.06 bits per heavy atom. The summed E-state index contributed by atoms with van der Waals surface area (Å²) in [6, 6.07) is 4.96. The summed E-state index contributed by atoms with van der Waals surface area (Å²) in [5.41, 5.74) is 1.77. The molecule has 2 heterocycles. The molecular formula is C12H13FN2O. The number of nitrogens with one attached hydrogen (secondary N) is 1. The van der Waals surface area contributed by atoms with Crippen molar-refractivity contribution in [3.05, 3.63) is 35.1 Å². The lowest BCUT2D eigenvalue weighted by atomic mass is 10.1. The molecule has 4 heteroatoms. The van der Waals surface area contributed by atoms with Gasteiger partial charge in [-0.2, -0.15) is 0 Å². The first-order valence-corrected chi connectivity index (χ1v) is 5.47. The molecule has 1 atom stereocenters. The highest BCUT2D eigenvalue weighted by molar-refractivity contribution is 6.00. The van der Waals surface area contributed by atoms with Crippen molar-refractivity contribution in [2.24, 2.45) is 0 Å². The van der Waals surface area contributed by atoms with Crippen LogP contribution < -0.4 is 0 Å². The maximum Gasteiger partial charge on any atom is 0.129 e. The van der Waals surface area contributed by atoms with Gasteiger partial charge in [-0.1, -0.05) is 6.07 Å². The van der Waals surface area contributed by atoms with E-state index < -0.39 is 0 Å². The quantitative estimate of drug-likeness (QED) is 0.782. The summed E-state index contributed by atoms with van der Waals surface area (Å²) in [6.45, 7) is 2.15. The van der Waals surface area contributed by atoms with Crippen molar-refractivity contribution < 1.29 is 9.13 Å². The van der Waals surface area contributed by atoms with Crippen LogP contribution in [0.1, 0.15) is 17.5 Å². The van der Waals surface area contributed by atoms with Crippen molar-refractivity contribution in [3.63, 3.8) is 0 Å². The summed E-state index contributed by atoms with van der Waals surface area (Å²) in [4.78, 5) is 2.01. The van der Waals surface area contributed by atoms with Crippen LogP contribution in [-0.2, 0) is 11.3 Å². The molecule has 1 aromatic rings. The maximum atomic E-state index is 13.1. The SMILES string of the molecule is N=C1c2cc(F)ccc2CN1C1CCOC1. The number of fused-ring (bicyclic) bond motifs is 1. The Morgan fingerprint density at radius 1 is 1.44 bits per heavy atom. The lowest BCUT2D eigenvalue weighted by Crippen LogP contribution is -2.35. The number of ether oxygens (including phenoxy) is 1. The van der Waals surface area contributed by atoms with Crippen LogP contribution in [0.4, 0.5) is 4.39 Å². The molecule has 16 heavy (non-hydrogen) atoms. The lowest BCUT2D eigenvalue weighted by Gasteiger charge is -2.24. The highest BCUT2D eigenvalue weighted by atomic mass is 19.1. The normalized spacial score (nSPS) is 23.9. The van der Waals surface area contributed by atoms with E-state index >= 15 is 0 Å². The maximum absolute atomic E-state index is 13.1. The van der Waals surface area contributed by atoms with E-state index in [0.717, 1.165) is 24.2 Å². The van der Waals surface area contributed by atoms with Gasteiger partial charge in [0, 0.05) is 18.7 Å². The third kappa shape index (κ3) is 1.41. The minimum Gasteiger partial charge on any atom is -0.379 e. The number of hydrogen-bond donors (Lipinski definition) is 1. The minimum absolute atomic E-state index is 0.270. The van der Waals surface area contributed by atoms with E-state index in [1.807, 2.05) is 4.90 Å². The van der Waals surface area contributed by atoms with Crippen LogP contribution in [0.3, 0.4) is 0 Å². The van der Waals surface area contributed by atoms with Crippen molar-refractivity contribution >= 4 is 5.84 Å². The molecule has 1 saturated heterocycles. The summed E-state index contributed by atoms with van der Waals surface area (Å²) in [5.74, 6) is 0.165. The van der Waals surface area contributed by atoms with Crippen LogP contribution in [-0.4, -0.2) is 30.0 Å². The number of amidine groups is 1. The fraction of sp³-hybridized carbons (Fsp3) is 0.417. The Labute approximate surface area is 93.3 Å². The van der Waals surface area contributed by atoms with Gasteiger partial charge >= 0.3 is 0 Å². The zero-order valence-electron chi connectivity index (χ0n) is 8.87. The second-order valence-electron chi connectivity index (χ2n) is 4.30. The van der Waals surface area contributed by atoms with E-state index in [0.29, 0.717) is 19.0 Å². The van der Waals surface area contributed by atoms with Gasteiger partial charge in [-0.25, -0.2) is 4.39 Å². The molecule has 2 aliphatic heterocycles. The van der Waals surface area contributed by atoms with Crippen molar-refractivity contribution in [1.29, 1.82) is 5.41 Å². The molecule has 3 rings (SSSR count). The lowest BCUT2D eigenvalue weighted by molar-refractivity contribution is 0.173. The van der Waals surface area contributed by atoms with Gasteiger partial charge in [-0.3, -0.25) is 5.41 Å². The molecule has 1 unspecified atom stereocenters. The predicted molar refractivity (Wildman–Crippen MR) is 58.0 cm³/mol. The van der Waals surface area contributed by atoms with Crippen LogP contribution in [0, 0.1) is 11.2 Å². The van der Waals surface area contributed by atoms with Crippen LogP contribution >= 0.6 is 0 Å². The first-order chi connectivity index (χ1) is 7.75. The van der Waals surface area contributed by atoms with Gasteiger partial charge in [0.2, 0.25) is 0 Å². The fourth-order valence-corrected chi connectivity index (χ4v) is 2.40. The molecule has 0 radical (unpaired) electrons. The van der Waals surface area contributed by atoms with E-state index in [-0.39, 0.29) is 11.9 Å². The molecule has 1 aromatic carbocycles. The molecule has 1 N–H and O–H groups in total. The van der Waals surface area contributed by atoms with Crippen LogP contribution in [0.5, 0.6) is 0 Å². The summed E-state index contributed by atoms with van der Waals surface area (Å²) in [6.07, 6.45) is 0.957. The number of halogens is 1. The van der Waals surface area contributed by atoms with Crippen LogP contribution in [0.2, 0.25) is 0 Å². The highest BCUT2D eigenvalue weighted by Gasteiger charge is 2.32. The molecule has 0 aromatic heterocycles. The second-order valence-corrected chi connectivity index (χ2v) is 4.30. The number of nitrogens with zero attached hydrogens (tertiary/aromatic N) is 1. The van der Waals surface area contributed by atoms with E-state index in [2.05, 4.69) is 0 Å². The van der Waals surface area contributed by atoms with E-state index in [1.54, 1.807) is 6.07 Å². The molecular weight excluding hydrogens is 207 g/mol. The predicted octanol–water partition coefficient (Wildman–Crippen LogP) is 1.76. The first-order valence-electron chi connectivity index (χ1n) is 5.47. The average Bonchev–Trinajstić information content (AvgIpc) is 2.87. The van der Waals surface area contributed by atoms with Crippen molar-refractivity contribution in [2.45, 2.75) is 19.0 Å². The summed E-state index contributed by atoms with van der Waals surface area (Å²) in [7, 11) is 0. The first kappa shape index (κ1) is 9.78. The third-order valence-electron chi connectivity index (χ3n) is 3.30.